The van der Waals surface area contributed by atoms with Gasteiger partial charge in [-0.15, -0.1) is 0 Å². The molecule has 32 heavy (non-hydrogen) atoms. The predicted molar refractivity (Wildman–Crippen MR) is 127 cm³/mol. The molecule has 0 radical (unpaired) electrons. The molecule has 3 aromatic rings. The van der Waals surface area contributed by atoms with Gasteiger partial charge in [0.2, 0.25) is 0 Å². The molecule has 0 saturated carbocycles. The van der Waals surface area contributed by atoms with Gasteiger partial charge in [0.15, 0.2) is 0 Å². The van der Waals surface area contributed by atoms with Crippen LogP contribution in [-0.4, -0.2) is 34.5 Å². The summed E-state index contributed by atoms with van der Waals surface area (Å²) in [7, 11) is -2.36. The Morgan fingerprint density at radius 2 is 1.59 bits per heavy atom. The van der Waals surface area contributed by atoms with E-state index in [2.05, 4.69) is 5.32 Å². The Morgan fingerprint density at radius 3 is 2.28 bits per heavy atom. The molecule has 3 rings (SSSR count). The number of nitrogens with one attached hydrogen (secondary N) is 1. The highest BCUT2D eigenvalue weighted by Crippen LogP contribution is 2.26. The summed E-state index contributed by atoms with van der Waals surface area (Å²) in [6.07, 6.45) is 0. The second-order valence-electron chi connectivity index (χ2n) is 7.68. The fourth-order valence-corrected chi connectivity index (χ4v) is 4.53. The Bertz CT molecular complexity index is 1200. The zero-order valence-electron chi connectivity index (χ0n) is 18.8. The highest BCUT2D eigenvalue weighted by molar-refractivity contribution is 7.92. The van der Waals surface area contributed by atoms with Gasteiger partial charge in [-0.1, -0.05) is 47.5 Å². The molecule has 6 nitrogen and oxygen atoms in total. The third-order valence-corrected chi connectivity index (χ3v) is 6.93. The van der Waals surface area contributed by atoms with E-state index in [4.69, 9.17) is 4.74 Å². The van der Waals surface area contributed by atoms with E-state index >= 15 is 0 Å². The second kappa shape index (κ2) is 9.87. The molecule has 0 fully saturated rings. The molecule has 0 aliphatic rings. The molecule has 1 N–H and O–H groups in total. The minimum atomic E-state index is -3.81. The lowest BCUT2D eigenvalue weighted by Gasteiger charge is -2.22. The summed E-state index contributed by atoms with van der Waals surface area (Å²) in [6, 6.07) is 19.2. The lowest BCUT2D eigenvalue weighted by molar-refractivity contribution is 0.0947. The number of rotatable bonds is 8. The maximum atomic E-state index is 13.1. The van der Waals surface area contributed by atoms with Crippen LogP contribution in [0.2, 0.25) is 0 Å². The van der Waals surface area contributed by atoms with Gasteiger partial charge in [-0.05, 0) is 56.7 Å². The fraction of sp³-hybridized carbons (Fsp3) is 0.240. The van der Waals surface area contributed by atoms with Crippen LogP contribution in [0.15, 0.2) is 71.6 Å². The molecular formula is C25H28N2O4S. The third kappa shape index (κ3) is 5.29. The zero-order valence-corrected chi connectivity index (χ0v) is 19.6. The number of aryl methyl sites for hydroxylation is 3. The molecule has 3 aromatic carbocycles. The van der Waals surface area contributed by atoms with Crippen molar-refractivity contribution in [3.05, 3.63) is 89.0 Å². The van der Waals surface area contributed by atoms with Crippen molar-refractivity contribution in [3.8, 4) is 5.75 Å². The van der Waals surface area contributed by atoms with Crippen LogP contribution in [0.5, 0.6) is 5.75 Å². The van der Waals surface area contributed by atoms with Crippen LogP contribution >= 0.6 is 0 Å². The SMILES string of the molecule is Cc1ccc(S(=O)(=O)N(C)c2ccccc2C(=O)NCCOc2ccc(C)cc2C)cc1. The van der Waals surface area contributed by atoms with Crippen LogP contribution in [0, 0.1) is 20.8 Å². The van der Waals surface area contributed by atoms with Crippen molar-refractivity contribution >= 4 is 21.6 Å². The monoisotopic (exact) mass is 452 g/mol. The average Bonchev–Trinajstić information content (AvgIpc) is 2.77. The molecule has 0 atom stereocenters. The molecule has 0 saturated heterocycles. The van der Waals surface area contributed by atoms with Crippen molar-refractivity contribution in [1.29, 1.82) is 0 Å². The highest BCUT2D eigenvalue weighted by atomic mass is 32.2. The van der Waals surface area contributed by atoms with Gasteiger partial charge < -0.3 is 10.1 Å². The minimum Gasteiger partial charge on any atom is -0.491 e. The molecule has 0 heterocycles. The summed E-state index contributed by atoms with van der Waals surface area (Å²) >= 11 is 0. The maximum Gasteiger partial charge on any atom is 0.264 e. The van der Waals surface area contributed by atoms with Crippen LogP contribution in [0.25, 0.3) is 0 Å². The lowest BCUT2D eigenvalue weighted by atomic mass is 10.1. The molecule has 0 bridgehead atoms. The zero-order chi connectivity index (χ0) is 23.3. The van der Waals surface area contributed by atoms with Crippen molar-refractivity contribution in [2.24, 2.45) is 0 Å². The van der Waals surface area contributed by atoms with E-state index in [0.717, 1.165) is 26.7 Å². The number of carbonyl (C=O) groups is 1. The molecule has 7 heteroatoms. The summed E-state index contributed by atoms with van der Waals surface area (Å²) in [6.45, 7) is 6.47. The third-order valence-electron chi connectivity index (χ3n) is 5.14. The van der Waals surface area contributed by atoms with Gasteiger partial charge in [-0.3, -0.25) is 9.10 Å². The first-order valence-electron chi connectivity index (χ1n) is 10.3. The first-order valence-corrected chi connectivity index (χ1v) is 11.8. The number of carbonyl (C=O) groups excluding carboxylic acids is 1. The van der Waals surface area contributed by atoms with E-state index in [1.54, 1.807) is 48.5 Å². The minimum absolute atomic E-state index is 0.169. The lowest BCUT2D eigenvalue weighted by Crippen LogP contribution is -2.32. The standard InChI is InChI=1S/C25H28N2O4S/c1-18-9-12-21(13-10-18)32(29,30)27(4)23-8-6-5-7-22(23)25(28)26-15-16-31-24-14-11-19(2)17-20(24)3/h5-14,17H,15-16H2,1-4H3,(H,26,28). The number of hydrogen-bond donors (Lipinski definition) is 1. The van der Waals surface area contributed by atoms with Gasteiger partial charge >= 0.3 is 0 Å². The van der Waals surface area contributed by atoms with E-state index in [-0.39, 0.29) is 22.9 Å². The number of hydrogen-bond acceptors (Lipinski definition) is 4. The molecule has 0 unspecified atom stereocenters. The second-order valence-corrected chi connectivity index (χ2v) is 9.65. The molecular weight excluding hydrogens is 424 g/mol. The largest absolute Gasteiger partial charge is 0.491 e. The van der Waals surface area contributed by atoms with E-state index in [1.807, 2.05) is 39.0 Å². The van der Waals surface area contributed by atoms with Crippen molar-refractivity contribution in [1.82, 2.24) is 5.32 Å². The summed E-state index contributed by atoms with van der Waals surface area (Å²) in [5.41, 5.74) is 3.74. The van der Waals surface area contributed by atoms with Crippen LogP contribution < -0.4 is 14.4 Å². The molecule has 0 aliphatic heterocycles. The Hall–Kier alpha value is -3.32. The fourth-order valence-electron chi connectivity index (χ4n) is 3.32. The number of amides is 1. The van der Waals surface area contributed by atoms with Gasteiger partial charge in [-0.2, -0.15) is 0 Å². The van der Waals surface area contributed by atoms with Gasteiger partial charge in [0.1, 0.15) is 12.4 Å². The van der Waals surface area contributed by atoms with Gasteiger partial charge in [-0.25, -0.2) is 8.42 Å². The van der Waals surface area contributed by atoms with E-state index in [9.17, 15) is 13.2 Å². The number of benzene rings is 3. The Labute approximate surface area is 189 Å². The molecule has 168 valence electrons. The van der Waals surface area contributed by atoms with Crippen LogP contribution in [0.1, 0.15) is 27.0 Å². The first kappa shape index (κ1) is 23.3. The quantitative estimate of drug-likeness (QED) is 0.519. The summed E-state index contributed by atoms with van der Waals surface area (Å²) < 4.78 is 33.0. The van der Waals surface area contributed by atoms with Crippen molar-refractivity contribution in [2.45, 2.75) is 25.7 Å². The average molecular weight is 453 g/mol. The number of nitrogens with zero attached hydrogens (tertiary/aromatic N) is 1. The first-order chi connectivity index (χ1) is 15.2. The van der Waals surface area contributed by atoms with Crippen LogP contribution in [0.4, 0.5) is 5.69 Å². The van der Waals surface area contributed by atoms with E-state index in [1.165, 1.54) is 7.05 Å². The Balaban J connectivity index is 1.70. The molecule has 0 aliphatic carbocycles. The van der Waals surface area contributed by atoms with Gasteiger partial charge in [0, 0.05) is 7.05 Å². The topological polar surface area (TPSA) is 75.7 Å². The molecule has 0 spiro atoms. The summed E-state index contributed by atoms with van der Waals surface area (Å²) in [5, 5.41) is 2.81. The number of anilines is 1. The normalized spacial score (nSPS) is 11.1. The summed E-state index contributed by atoms with van der Waals surface area (Å²) in [4.78, 5) is 13.0. The molecule has 0 aromatic heterocycles. The Morgan fingerprint density at radius 1 is 0.938 bits per heavy atom. The van der Waals surface area contributed by atoms with Gasteiger partial charge in [0.25, 0.3) is 15.9 Å². The van der Waals surface area contributed by atoms with E-state index < -0.39 is 10.0 Å². The van der Waals surface area contributed by atoms with E-state index in [0.29, 0.717) is 12.3 Å². The van der Waals surface area contributed by atoms with Crippen molar-refractivity contribution in [3.63, 3.8) is 0 Å². The van der Waals surface area contributed by atoms with Crippen LogP contribution in [0.3, 0.4) is 0 Å². The number of ether oxygens (including phenoxy) is 1. The van der Waals surface area contributed by atoms with Gasteiger partial charge in [0.05, 0.1) is 22.7 Å². The Kier molecular flexibility index (Phi) is 7.20. The summed E-state index contributed by atoms with van der Waals surface area (Å²) in [5.74, 6) is 0.407. The van der Waals surface area contributed by atoms with Crippen molar-refractivity contribution < 1.29 is 17.9 Å². The smallest absolute Gasteiger partial charge is 0.264 e. The maximum absolute atomic E-state index is 13.1. The van der Waals surface area contributed by atoms with Crippen LogP contribution in [-0.2, 0) is 10.0 Å². The number of sulfonamides is 1. The number of para-hydroxylation sites is 1. The van der Waals surface area contributed by atoms with Crippen molar-refractivity contribution in [2.75, 3.05) is 24.5 Å². The predicted octanol–water partition coefficient (Wildman–Crippen LogP) is 4.25. The highest BCUT2D eigenvalue weighted by Gasteiger charge is 2.24. The molecule has 1 amide bonds.